The number of nitrogens with zero attached hydrogens (tertiary/aromatic N) is 2. The molecule has 92 valence electrons. The molecule has 1 aromatic carbocycles. The molecule has 0 N–H and O–H groups in total. The minimum absolute atomic E-state index is 0.0487. The summed E-state index contributed by atoms with van der Waals surface area (Å²) in [5.41, 5.74) is 0.260. The average Bonchev–Trinajstić information content (AvgIpc) is 2.39. The van der Waals surface area contributed by atoms with Gasteiger partial charge in [0.1, 0.15) is 12.1 Å². The molecule has 0 amide bonds. The fraction of sp³-hybridized carbons (Fsp3) is 0.0833. The van der Waals surface area contributed by atoms with E-state index < -0.39 is 12.4 Å². The normalized spacial score (nSPS) is 10.4. The van der Waals surface area contributed by atoms with Gasteiger partial charge in [0, 0.05) is 12.4 Å². The molecule has 2 rings (SSSR count). The monoisotopic (exact) mass is 250 g/mol. The second-order valence-electron chi connectivity index (χ2n) is 3.33. The van der Waals surface area contributed by atoms with E-state index in [1.807, 2.05) is 0 Å². The topological polar surface area (TPSA) is 52.1 Å². The van der Waals surface area contributed by atoms with Gasteiger partial charge in [-0.05, 0) is 12.1 Å². The molecule has 4 nitrogen and oxygen atoms in total. The molecule has 0 aliphatic carbocycles. The first-order valence-electron chi connectivity index (χ1n) is 5.02. The van der Waals surface area contributed by atoms with Crippen molar-refractivity contribution in [2.75, 3.05) is 0 Å². The Bertz CT molecular complexity index is 547. The second kappa shape index (κ2) is 5.31. The number of halogens is 2. The molecule has 0 unspecified atom stereocenters. The molecule has 0 aliphatic rings. The maximum absolute atomic E-state index is 12.2. The molecular weight excluding hydrogens is 242 g/mol. The van der Waals surface area contributed by atoms with Gasteiger partial charge in [-0.3, -0.25) is 4.79 Å². The molecule has 1 heterocycles. The van der Waals surface area contributed by atoms with Crippen molar-refractivity contribution in [1.82, 2.24) is 9.97 Å². The summed E-state index contributed by atoms with van der Waals surface area (Å²) in [7, 11) is 0. The maximum atomic E-state index is 12.2. The van der Waals surface area contributed by atoms with E-state index in [0.29, 0.717) is 0 Å². The zero-order valence-corrected chi connectivity index (χ0v) is 9.09. The average molecular weight is 250 g/mol. The highest BCUT2D eigenvalue weighted by atomic mass is 19.3. The maximum Gasteiger partial charge on any atom is 0.387 e. The number of hydrogen-bond donors (Lipinski definition) is 0. The molecule has 18 heavy (non-hydrogen) atoms. The minimum atomic E-state index is -2.98. The van der Waals surface area contributed by atoms with Crippen LogP contribution in [0.25, 0.3) is 0 Å². The van der Waals surface area contributed by atoms with Crippen molar-refractivity contribution >= 4 is 5.78 Å². The van der Waals surface area contributed by atoms with Gasteiger partial charge in [0.05, 0.1) is 11.1 Å². The Labute approximate surface area is 101 Å². The fourth-order valence-electron chi connectivity index (χ4n) is 1.42. The third-order valence-electron chi connectivity index (χ3n) is 2.17. The van der Waals surface area contributed by atoms with Crippen molar-refractivity contribution in [3.05, 3.63) is 54.1 Å². The SMILES string of the molecule is O=C(c1cncnc1)c1ccccc1OC(F)F. The van der Waals surface area contributed by atoms with Gasteiger partial charge in [-0.2, -0.15) is 8.78 Å². The largest absolute Gasteiger partial charge is 0.434 e. The summed E-state index contributed by atoms with van der Waals surface area (Å²) in [6.07, 6.45) is 3.90. The van der Waals surface area contributed by atoms with Crippen LogP contribution in [0.4, 0.5) is 8.78 Å². The molecule has 2 aromatic rings. The molecule has 0 aliphatic heterocycles. The third-order valence-corrected chi connectivity index (χ3v) is 2.17. The third kappa shape index (κ3) is 2.65. The van der Waals surface area contributed by atoms with Crippen LogP contribution in [-0.2, 0) is 0 Å². The van der Waals surface area contributed by atoms with Crippen molar-refractivity contribution in [2.45, 2.75) is 6.61 Å². The lowest BCUT2D eigenvalue weighted by Gasteiger charge is -2.09. The molecule has 0 bridgehead atoms. The van der Waals surface area contributed by atoms with Crippen LogP contribution in [-0.4, -0.2) is 22.4 Å². The summed E-state index contributed by atoms with van der Waals surface area (Å²) in [5.74, 6) is -0.631. The van der Waals surface area contributed by atoms with Crippen molar-refractivity contribution in [3.63, 3.8) is 0 Å². The summed E-state index contributed by atoms with van der Waals surface area (Å²) in [5, 5.41) is 0. The van der Waals surface area contributed by atoms with Crippen molar-refractivity contribution in [2.24, 2.45) is 0 Å². The molecule has 0 atom stereocenters. The van der Waals surface area contributed by atoms with Gasteiger partial charge in [-0.1, -0.05) is 12.1 Å². The van der Waals surface area contributed by atoms with Crippen LogP contribution in [0.5, 0.6) is 5.75 Å². The Hall–Kier alpha value is -2.37. The highest BCUT2D eigenvalue weighted by Gasteiger charge is 2.16. The molecular formula is C12H8F2N2O2. The standard InChI is InChI=1S/C12H8F2N2O2/c13-12(14)18-10-4-2-1-3-9(10)11(17)8-5-15-7-16-6-8/h1-7,12H. The van der Waals surface area contributed by atoms with E-state index in [1.54, 1.807) is 6.07 Å². The van der Waals surface area contributed by atoms with Gasteiger partial charge in [-0.15, -0.1) is 0 Å². The molecule has 0 radical (unpaired) electrons. The Morgan fingerprint density at radius 2 is 1.83 bits per heavy atom. The van der Waals surface area contributed by atoms with Crippen molar-refractivity contribution < 1.29 is 18.3 Å². The van der Waals surface area contributed by atoms with Gasteiger partial charge in [0.25, 0.3) is 0 Å². The van der Waals surface area contributed by atoms with E-state index in [4.69, 9.17) is 0 Å². The number of carbonyl (C=O) groups excluding carboxylic acids is 1. The van der Waals surface area contributed by atoms with Gasteiger partial charge in [-0.25, -0.2) is 9.97 Å². The van der Waals surface area contributed by atoms with E-state index in [2.05, 4.69) is 14.7 Å². The number of ether oxygens (including phenoxy) is 1. The number of carbonyl (C=O) groups is 1. The van der Waals surface area contributed by atoms with Crippen LogP contribution >= 0.6 is 0 Å². The Morgan fingerprint density at radius 3 is 2.50 bits per heavy atom. The van der Waals surface area contributed by atoms with Gasteiger partial charge < -0.3 is 4.74 Å². The van der Waals surface area contributed by atoms with E-state index in [0.717, 1.165) is 0 Å². The van der Waals surface area contributed by atoms with Gasteiger partial charge in [0.2, 0.25) is 0 Å². The van der Waals surface area contributed by atoms with Crippen LogP contribution < -0.4 is 4.74 Å². The van der Waals surface area contributed by atoms with Gasteiger partial charge >= 0.3 is 6.61 Å². The van der Waals surface area contributed by atoms with Crippen molar-refractivity contribution in [1.29, 1.82) is 0 Å². The summed E-state index contributed by atoms with van der Waals surface area (Å²) in [4.78, 5) is 19.4. The van der Waals surface area contributed by atoms with Crippen LogP contribution in [0, 0.1) is 0 Å². The molecule has 0 saturated heterocycles. The smallest absolute Gasteiger partial charge is 0.387 e. The van der Waals surface area contributed by atoms with Crippen LogP contribution in [0.1, 0.15) is 15.9 Å². The number of ketones is 1. The second-order valence-corrected chi connectivity index (χ2v) is 3.33. The lowest BCUT2D eigenvalue weighted by atomic mass is 10.1. The predicted molar refractivity (Wildman–Crippen MR) is 58.5 cm³/mol. The van der Waals surface area contributed by atoms with Crippen molar-refractivity contribution in [3.8, 4) is 5.75 Å². The van der Waals surface area contributed by atoms with Crippen LogP contribution in [0.2, 0.25) is 0 Å². The van der Waals surface area contributed by atoms with E-state index >= 15 is 0 Å². The molecule has 0 fully saturated rings. The lowest BCUT2D eigenvalue weighted by molar-refractivity contribution is -0.0501. The van der Waals surface area contributed by atoms with E-state index in [1.165, 1.54) is 36.9 Å². The molecule has 0 saturated carbocycles. The molecule has 0 spiro atoms. The summed E-state index contributed by atoms with van der Waals surface area (Å²) in [6.45, 7) is -2.98. The first-order valence-corrected chi connectivity index (χ1v) is 5.02. The number of hydrogen-bond acceptors (Lipinski definition) is 4. The summed E-state index contributed by atoms with van der Waals surface area (Å²) in [6, 6.07) is 5.79. The van der Waals surface area contributed by atoms with Crippen LogP contribution in [0.15, 0.2) is 43.0 Å². The zero-order chi connectivity index (χ0) is 13.0. The Morgan fingerprint density at radius 1 is 1.17 bits per heavy atom. The number of aromatic nitrogens is 2. The predicted octanol–water partition coefficient (Wildman–Crippen LogP) is 2.31. The quantitative estimate of drug-likeness (QED) is 0.781. The van der Waals surface area contributed by atoms with E-state index in [9.17, 15) is 13.6 Å². The number of rotatable bonds is 4. The van der Waals surface area contributed by atoms with Gasteiger partial charge in [0.15, 0.2) is 5.78 Å². The van der Waals surface area contributed by atoms with Crippen LogP contribution in [0.3, 0.4) is 0 Å². The highest BCUT2D eigenvalue weighted by Crippen LogP contribution is 2.22. The minimum Gasteiger partial charge on any atom is -0.434 e. The lowest BCUT2D eigenvalue weighted by Crippen LogP contribution is -2.09. The highest BCUT2D eigenvalue weighted by molar-refractivity contribution is 6.10. The summed E-state index contributed by atoms with van der Waals surface area (Å²) < 4.78 is 28.7. The first kappa shape index (κ1) is 12.1. The van der Waals surface area contributed by atoms with E-state index in [-0.39, 0.29) is 16.9 Å². The number of benzene rings is 1. The Kier molecular flexibility index (Phi) is 3.57. The molecule has 1 aromatic heterocycles. The first-order chi connectivity index (χ1) is 8.68. The fourth-order valence-corrected chi connectivity index (χ4v) is 1.42. The Balaban J connectivity index is 2.36. The number of para-hydroxylation sites is 1. The zero-order valence-electron chi connectivity index (χ0n) is 9.09. The summed E-state index contributed by atoms with van der Waals surface area (Å²) >= 11 is 0. The number of alkyl halides is 2. The molecule has 6 heteroatoms.